The fourth-order valence-electron chi connectivity index (χ4n) is 1.28. The zero-order chi connectivity index (χ0) is 11.8. The lowest BCUT2D eigenvalue weighted by Crippen LogP contribution is -2.10. The maximum absolute atomic E-state index is 11.8. The first-order chi connectivity index (χ1) is 7.79. The molecule has 0 N–H and O–H groups in total. The molecule has 3 nitrogen and oxygen atoms in total. The minimum Gasteiger partial charge on any atom is -0.496 e. The fourth-order valence-corrected chi connectivity index (χ4v) is 1.28. The van der Waals surface area contributed by atoms with E-state index in [9.17, 15) is 4.79 Å². The number of benzene rings is 1. The number of para-hydroxylation sites is 1. The van der Waals surface area contributed by atoms with Crippen molar-refractivity contribution in [3.63, 3.8) is 0 Å². The van der Waals surface area contributed by atoms with Crippen molar-refractivity contribution < 1.29 is 14.3 Å². The molecule has 0 atom stereocenters. The normalized spacial score (nSPS) is 9.81. The smallest absolute Gasteiger partial charge is 0.192 e. The summed E-state index contributed by atoms with van der Waals surface area (Å²) in [7, 11) is 1.55. The van der Waals surface area contributed by atoms with Crippen molar-refractivity contribution in [2.75, 3.05) is 20.3 Å². The van der Waals surface area contributed by atoms with Crippen LogP contribution in [0.1, 0.15) is 16.8 Å². The summed E-state index contributed by atoms with van der Waals surface area (Å²) in [5.74, 6) is 0.515. The molecule has 0 aliphatic rings. The van der Waals surface area contributed by atoms with Crippen LogP contribution in [0.2, 0.25) is 0 Å². The summed E-state index contributed by atoms with van der Waals surface area (Å²) < 4.78 is 10.3. The largest absolute Gasteiger partial charge is 0.496 e. The Morgan fingerprint density at radius 3 is 2.88 bits per heavy atom. The highest BCUT2D eigenvalue weighted by molar-refractivity contribution is 5.99. The molecule has 0 aromatic heterocycles. The van der Waals surface area contributed by atoms with E-state index in [0.717, 1.165) is 6.42 Å². The van der Waals surface area contributed by atoms with Crippen molar-refractivity contribution in [2.45, 2.75) is 6.42 Å². The summed E-state index contributed by atoms with van der Waals surface area (Å²) in [6, 6.07) is 7.13. The summed E-state index contributed by atoms with van der Waals surface area (Å²) >= 11 is 0. The first kappa shape index (κ1) is 12.5. The molecule has 0 amide bonds. The van der Waals surface area contributed by atoms with Crippen LogP contribution in [-0.2, 0) is 4.74 Å². The average molecular weight is 220 g/mol. The van der Waals surface area contributed by atoms with E-state index in [1.807, 2.05) is 6.07 Å². The van der Waals surface area contributed by atoms with Crippen molar-refractivity contribution >= 4 is 5.78 Å². The zero-order valence-corrected chi connectivity index (χ0v) is 9.44. The molecule has 0 heterocycles. The van der Waals surface area contributed by atoms with E-state index in [2.05, 4.69) is 6.58 Å². The maximum atomic E-state index is 11.8. The lowest BCUT2D eigenvalue weighted by molar-refractivity contribution is 0.0765. The molecule has 3 heteroatoms. The predicted octanol–water partition coefficient (Wildman–Crippen LogP) is 2.47. The van der Waals surface area contributed by atoms with Crippen LogP contribution in [0, 0.1) is 0 Å². The van der Waals surface area contributed by atoms with Crippen LogP contribution in [0.4, 0.5) is 0 Å². The topological polar surface area (TPSA) is 35.5 Å². The summed E-state index contributed by atoms with van der Waals surface area (Å²) in [4.78, 5) is 11.8. The van der Waals surface area contributed by atoms with Gasteiger partial charge in [0.1, 0.15) is 12.4 Å². The van der Waals surface area contributed by atoms with Crippen molar-refractivity contribution in [3.8, 4) is 5.75 Å². The average Bonchev–Trinajstić information content (AvgIpc) is 2.34. The SMILES string of the molecule is C=CCCOCC(=O)c1ccccc1OC. The number of Topliss-reactive ketones (excluding diaryl/α,β-unsaturated/α-hetero) is 1. The minimum atomic E-state index is -0.0680. The van der Waals surface area contributed by atoms with Crippen LogP contribution in [-0.4, -0.2) is 26.1 Å². The maximum Gasteiger partial charge on any atom is 0.192 e. The van der Waals surface area contributed by atoms with Gasteiger partial charge in [0, 0.05) is 0 Å². The van der Waals surface area contributed by atoms with E-state index in [-0.39, 0.29) is 12.4 Å². The number of ether oxygens (including phenoxy) is 2. The highest BCUT2D eigenvalue weighted by atomic mass is 16.5. The molecule has 1 rings (SSSR count). The Hall–Kier alpha value is -1.61. The van der Waals surface area contributed by atoms with Gasteiger partial charge >= 0.3 is 0 Å². The monoisotopic (exact) mass is 220 g/mol. The lowest BCUT2D eigenvalue weighted by Gasteiger charge is -2.07. The number of ketones is 1. The molecular formula is C13H16O3. The second-order valence-electron chi connectivity index (χ2n) is 3.25. The summed E-state index contributed by atoms with van der Waals surface area (Å²) in [5.41, 5.74) is 0.559. The number of methoxy groups -OCH3 is 1. The van der Waals surface area contributed by atoms with E-state index in [4.69, 9.17) is 9.47 Å². The number of carbonyl (C=O) groups excluding carboxylic acids is 1. The van der Waals surface area contributed by atoms with Gasteiger partial charge in [-0.05, 0) is 18.6 Å². The molecule has 0 aliphatic heterocycles. The number of carbonyl (C=O) groups is 1. The van der Waals surface area contributed by atoms with Crippen LogP contribution >= 0.6 is 0 Å². The molecule has 0 spiro atoms. The third-order valence-electron chi connectivity index (χ3n) is 2.11. The molecule has 0 unspecified atom stereocenters. The van der Waals surface area contributed by atoms with Crippen LogP contribution in [0.3, 0.4) is 0 Å². The van der Waals surface area contributed by atoms with Crippen molar-refractivity contribution in [3.05, 3.63) is 42.5 Å². The third-order valence-corrected chi connectivity index (χ3v) is 2.11. The van der Waals surface area contributed by atoms with E-state index in [1.54, 1.807) is 31.4 Å². The predicted molar refractivity (Wildman–Crippen MR) is 63.0 cm³/mol. The molecule has 1 aromatic rings. The Morgan fingerprint density at radius 1 is 1.44 bits per heavy atom. The van der Waals surface area contributed by atoms with Gasteiger partial charge in [-0.3, -0.25) is 4.79 Å². The Morgan fingerprint density at radius 2 is 2.19 bits per heavy atom. The molecular weight excluding hydrogens is 204 g/mol. The van der Waals surface area contributed by atoms with E-state index >= 15 is 0 Å². The van der Waals surface area contributed by atoms with Gasteiger partial charge in [-0.25, -0.2) is 0 Å². The second-order valence-corrected chi connectivity index (χ2v) is 3.25. The van der Waals surface area contributed by atoms with E-state index in [0.29, 0.717) is 17.9 Å². The zero-order valence-electron chi connectivity index (χ0n) is 9.44. The highest BCUT2D eigenvalue weighted by Crippen LogP contribution is 2.17. The molecule has 0 bridgehead atoms. The number of hydrogen-bond acceptors (Lipinski definition) is 3. The lowest BCUT2D eigenvalue weighted by atomic mass is 10.1. The Labute approximate surface area is 95.7 Å². The molecule has 0 fully saturated rings. The van der Waals surface area contributed by atoms with Crippen molar-refractivity contribution in [2.24, 2.45) is 0 Å². The molecule has 0 saturated heterocycles. The molecule has 1 aromatic carbocycles. The number of hydrogen-bond donors (Lipinski definition) is 0. The van der Waals surface area contributed by atoms with E-state index < -0.39 is 0 Å². The van der Waals surface area contributed by atoms with Crippen LogP contribution in [0.15, 0.2) is 36.9 Å². The molecule has 16 heavy (non-hydrogen) atoms. The quantitative estimate of drug-likeness (QED) is 0.402. The van der Waals surface area contributed by atoms with Crippen molar-refractivity contribution in [1.29, 1.82) is 0 Å². The first-order valence-corrected chi connectivity index (χ1v) is 5.14. The Kier molecular flexibility index (Phi) is 5.29. The van der Waals surface area contributed by atoms with Crippen LogP contribution < -0.4 is 4.74 Å². The van der Waals surface area contributed by atoms with Crippen molar-refractivity contribution in [1.82, 2.24) is 0 Å². The summed E-state index contributed by atoms with van der Waals surface area (Å²) in [5, 5.41) is 0. The molecule has 0 radical (unpaired) electrons. The van der Waals surface area contributed by atoms with Gasteiger partial charge in [0.15, 0.2) is 5.78 Å². The Balaban J connectivity index is 2.55. The summed E-state index contributed by atoms with van der Waals surface area (Å²) in [6.07, 6.45) is 2.51. The first-order valence-electron chi connectivity index (χ1n) is 5.14. The van der Waals surface area contributed by atoms with Gasteiger partial charge in [-0.15, -0.1) is 6.58 Å². The van der Waals surface area contributed by atoms with Gasteiger partial charge in [-0.1, -0.05) is 18.2 Å². The van der Waals surface area contributed by atoms with Gasteiger partial charge in [-0.2, -0.15) is 0 Å². The van der Waals surface area contributed by atoms with Gasteiger partial charge in [0.2, 0.25) is 0 Å². The van der Waals surface area contributed by atoms with Crippen LogP contribution in [0.5, 0.6) is 5.75 Å². The van der Waals surface area contributed by atoms with Gasteiger partial charge < -0.3 is 9.47 Å². The minimum absolute atomic E-state index is 0.0680. The molecule has 0 aliphatic carbocycles. The fraction of sp³-hybridized carbons (Fsp3) is 0.308. The second kappa shape index (κ2) is 6.80. The molecule has 0 saturated carbocycles. The highest BCUT2D eigenvalue weighted by Gasteiger charge is 2.10. The number of rotatable bonds is 7. The molecule has 86 valence electrons. The standard InChI is InChI=1S/C13H16O3/c1-3-4-9-16-10-12(14)11-7-5-6-8-13(11)15-2/h3,5-8H,1,4,9-10H2,2H3. The Bertz CT molecular complexity index is 358. The van der Waals surface area contributed by atoms with Gasteiger partial charge in [0.25, 0.3) is 0 Å². The van der Waals surface area contributed by atoms with E-state index in [1.165, 1.54) is 0 Å². The third kappa shape index (κ3) is 3.51. The summed E-state index contributed by atoms with van der Waals surface area (Å²) in [6.45, 7) is 4.17. The van der Waals surface area contributed by atoms with Crippen LogP contribution in [0.25, 0.3) is 0 Å². The van der Waals surface area contributed by atoms with Gasteiger partial charge in [0.05, 0.1) is 19.3 Å².